The Morgan fingerprint density at radius 1 is 1.12 bits per heavy atom. The lowest BCUT2D eigenvalue weighted by Crippen LogP contribution is -2.12. The number of hydrogen-bond donors (Lipinski definition) is 1. The molecule has 0 spiro atoms. The topological polar surface area (TPSA) is 34.4 Å². The Kier molecular flexibility index (Phi) is 3.83. The van der Waals surface area contributed by atoms with Crippen molar-refractivity contribution < 1.29 is 9.15 Å². The molecule has 0 radical (unpaired) electrons. The van der Waals surface area contributed by atoms with E-state index < -0.39 is 0 Å². The van der Waals surface area contributed by atoms with Gasteiger partial charge in [0.15, 0.2) is 0 Å². The average molecular weight is 231 g/mol. The number of rotatable bonds is 5. The highest BCUT2D eigenvalue weighted by molar-refractivity contribution is 5.27. The highest BCUT2D eigenvalue weighted by Gasteiger charge is 2.01. The van der Waals surface area contributed by atoms with Gasteiger partial charge in [0.05, 0.1) is 19.9 Å². The molecule has 0 atom stereocenters. The number of ether oxygens (including phenoxy) is 1. The van der Waals surface area contributed by atoms with Crippen molar-refractivity contribution in [1.82, 2.24) is 5.32 Å². The highest BCUT2D eigenvalue weighted by Crippen LogP contribution is 2.12. The second-order valence-electron chi connectivity index (χ2n) is 3.98. The molecular weight excluding hydrogens is 214 g/mol. The van der Waals surface area contributed by atoms with Gasteiger partial charge >= 0.3 is 0 Å². The normalized spacial score (nSPS) is 10.5. The van der Waals surface area contributed by atoms with E-state index in [1.165, 1.54) is 11.1 Å². The van der Waals surface area contributed by atoms with Gasteiger partial charge in [-0.15, -0.1) is 0 Å². The van der Waals surface area contributed by atoms with Crippen molar-refractivity contribution in [2.24, 2.45) is 0 Å². The largest absolute Gasteiger partial charge is 0.497 e. The van der Waals surface area contributed by atoms with Crippen molar-refractivity contribution >= 4 is 0 Å². The van der Waals surface area contributed by atoms with Crippen LogP contribution < -0.4 is 10.1 Å². The van der Waals surface area contributed by atoms with Crippen LogP contribution in [0.1, 0.15) is 16.9 Å². The smallest absolute Gasteiger partial charge is 0.120 e. The number of furan rings is 1. The van der Waals surface area contributed by atoms with Gasteiger partial charge in [-0.05, 0) is 36.2 Å². The van der Waals surface area contributed by atoms with E-state index in [1.807, 2.05) is 25.1 Å². The van der Waals surface area contributed by atoms with Crippen LogP contribution in [0.25, 0.3) is 0 Å². The highest BCUT2D eigenvalue weighted by atomic mass is 16.5. The maximum Gasteiger partial charge on any atom is 0.120 e. The first-order valence-corrected chi connectivity index (χ1v) is 5.66. The number of hydrogen-bond acceptors (Lipinski definition) is 3. The molecule has 2 rings (SSSR count). The van der Waals surface area contributed by atoms with E-state index in [0.29, 0.717) is 0 Å². The lowest BCUT2D eigenvalue weighted by molar-refractivity contribution is 0.414. The molecule has 0 unspecified atom stereocenters. The predicted octanol–water partition coefficient (Wildman–Crippen LogP) is 2.89. The summed E-state index contributed by atoms with van der Waals surface area (Å²) in [6, 6.07) is 10.0. The third-order valence-electron chi connectivity index (χ3n) is 2.74. The minimum absolute atomic E-state index is 0.755. The zero-order valence-electron chi connectivity index (χ0n) is 10.2. The molecule has 0 aliphatic rings. The standard InChI is InChI=1S/C14H17NO2/c1-11-7-8-17-14(11)10-15-9-12-3-5-13(16-2)6-4-12/h3-8,15H,9-10H2,1-2H3. The first-order valence-electron chi connectivity index (χ1n) is 5.66. The Morgan fingerprint density at radius 3 is 2.47 bits per heavy atom. The Balaban J connectivity index is 1.83. The van der Waals surface area contributed by atoms with E-state index in [9.17, 15) is 0 Å². The molecule has 1 aromatic carbocycles. The van der Waals surface area contributed by atoms with Crippen molar-refractivity contribution in [3.05, 3.63) is 53.5 Å². The number of benzene rings is 1. The van der Waals surface area contributed by atoms with E-state index in [1.54, 1.807) is 13.4 Å². The van der Waals surface area contributed by atoms with Crippen molar-refractivity contribution in [3.63, 3.8) is 0 Å². The Morgan fingerprint density at radius 2 is 1.88 bits per heavy atom. The molecule has 17 heavy (non-hydrogen) atoms. The van der Waals surface area contributed by atoms with Crippen LogP contribution in [0, 0.1) is 6.92 Å². The zero-order chi connectivity index (χ0) is 12.1. The molecule has 0 saturated carbocycles. The number of nitrogens with one attached hydrogen (secondary N) is 1. The van der Waals surface area contributed by atoms with Crippen LogP contribution in [0.5, 0.6) is 5.75 Å². The predicted molar refractivity (Wildman–Crippen MR) is 67.0 cm³/mol. The van der Waals surface area contributed by atoms with Gasteiger partial charge < -0.3 is 14.5 Å². The third kappa shape index (κ3) is 3.11. The molecule has 1 N–H and O–H groups in total. The molecule has 0 saturated heterocycles. The van der Waals surface area contributed by atoms with Crippen LogP contribution in [0.4, 0.5) is 0 Å². The van der Waals surface area contributed by atoms with Gasteiger partial charge in [0, 0.05) is 6.54 Å². The number of methoxy groups -OCH3 is 1. The van der Waals surface area contributed by atoms with Crippen molar-refractivity contribution in [2.45, 2.75) is 20.0 Å². The van der Waals surface area contributed by atoms with Gasteiger partial charge in [0.1, 0.15) is 11.5 Å². The lowest BCUT2D eigenvalue weighted by atomic mass is 10.2. The summed E-state index contributed by atoms with van der Waals surface area (Å²) in [7, 11) is 1.67. The van der Waals surface area contributed by atoms with Crippen molar-refractivity contribution in [3.8, 4) is 5.75 Å². The SMILES string of the molecule is COc1ccc(CNCc2occc2C)cc1. The lowest BCUT2D eigenvalue weighted by Gasteiger charge is -2.05. The van der Waals surface area contributed by atoms with Gasteiger partial charge in [-0.1, -0.05) is 12.1 Å². The summed E-state index contributed by atoms with van der Waals surface area (Å²) >= 11 is 0. The first-order chi connectivity index (χ1) is 8.29. The minimum atomic E-state index is 0.755. The second kappa shape index (κ2) is 5.55. The first kappa shape index (κ1) is 11.7. The van der Waals surface area contributed by atoms with E-state index in [2.05, 4.69) is 17.4 Å². The molecule has 1 heterocycles. The summed E-state index contributed by atoms with van der Waals surface area (Å²) in [5.41, 5.74) is 2.42. The molecular formula is C14H17NO2. The van der Waals surface area contributed by atoms with E-state index in [0.717, 1.165) is 24.6 Å². The van der Waals surface area contributed by atoms with E-state index in [-0.39, 0.29) is 0 Å². The molecule has 3 nitrogen and oxygen atoms in total. The maximum atomic E-state index is 5.36. The molecule has 3 heteroatoms. The number of aryl methyl sites for hydroxylation is 1. The summed E-state index contributed by atoms with van der Waals surface area (Å²) in [5, 5.41) is 3.35. The van der Waals surface area contributed by atoms with Crippen LogP contribution in [-0.2, 0) is 13.1 Å². The van der Waals surface area contributed by atoms with E-state index in [4.69, 9.17) is 9.15 Å². The molecule has 0 amide bonds. The van der Waals surface area contributed by atoms with Gasteiger partial charge in [-0.25, -0.2) is 0 Å². The second-order valence-corrected chi connectivity index (χ2v) is 3.98. The summed E-state index contributed by atoms with van der Waals surface area (Å²) in [6.45, 7) is 3.63. The van der Waals surface area contributed by atoms with Crippen molar-refractivity contribution in [1.29, 1.82) is 0 Å². The Hall–Kier alpha value is -1.74. The summed E-state index contributed by atoms with van der Waals surface area (Å²) in [5.74, 6) is 1.88. The summed E-state index contributed by atoms with van der Waals surface area (Å²) < 4.78 is 10.5. The summed E-state index contributed by atoms with van der Waals surface area (Å²) in [6.07, 6.45) is 1.72. The Bertz CT molecular complexity index is 459. The van der Waals surface area contributed by atoms with Crippen LogP contribution in [0.15, 0.2) is 41.0 Å². The molecule has 0 aliphatic heterocycles. The molecule has 90 valence electrons. The molecule has 0 fully saturated rings. The molecule has 1 aromatic heterocycles. The van der Waals surface area contributed by atoms with Crippen LogP contribution in [0.2, 0.25) is 0 Å². The fourth-order valence-electron chi connectivity index (χ4n) is 1.65. The van der Waals surface area contributed by atoms with Gasteiger partial charge in [0.2, 0.25) is 0 Å². The molecule has 2 aromatic rings. The average Bonchev–Trinajstić information content (AvgIpc) is 2.76. The molecule has 0 aliphatic carbocycles. The fraction of sp³-hybridized carbons (Fsp3) is 0.286. The monoisotopic (exact) mass is 231 g/mol. The van der Waals surface area contributed by atoms with Gasteiger partial charge in [-0.2, -0.15) is 0 Å². The van der Waals surface area contributed by atoms with Crippen LogP contribution >= 0.6 is 0 Å². The fourth-order valence-corrected chi connectivity index (χ4v) is 1.65. The van der Waals surface area contributed by atoms with Gasteiger partial charge in [-0.3, -0.25) is 0 Å². The van der Waals surface area contributed by atoms with Gasteiger partial charge in [0.25, 0.3) is 0 Å². The van der Waals surface area contributed by atoms with Crippen molar-refractivity contribution in [2.75, 3.05) is 7.11 Å². The molecule has 0 bridgehead atoms. The Labute approximate surface area is 101 Å². The van der Waals surface area contributed by atoms with Crippen LogP contribution in [0.3, 0.4) is 0 Å². The summed E-state index contributed by atoms with van der Waals surface area (Å²) in [4.78, 5) is 0. The zero-order valence-corrected chi connectivity index (χ0v) is 10.2. The third-order valence-corrected chi connectivity index (χ3v) is 2.74. The van der Waals surface area contributed by atoms with E-state index >= 15 is 0 Å². The maximum absolute atomic E-state index is 5.36. The minimum Gasteiger partial charge on any atom is -0.497 e. The van der Waals surface area contributed by atoms with Crippen LogP contribution in [-0.4, -0.2) is 7.11 Å². The quantitative estimate of drug-likeness (QED) is 0.859.